The van der Waals surface area contributed by atoms with E-state index in [9.17, 15) is 13.2 Å². The Bertz CT molecular complexity index is 582. The molecule has 0 aliphatic carbocycles. The summed E-state index contributed by atoms with van der Waals surface area (Å²) in [6, 6.07) is -0.428. The van der Waals surface area contributed by atoms with Crippen LogP contribution in [-0.4, -0.2) is 47.4 Å². The molecule has 1 aromatic heterocycles. The molecule has 9 heteroatoms. The minimum absolute atomic E-state index is 0.000455. The molecule has 1 heterocycles. The lowest BCUT2D eigenvalue weighted by Crippen LogP contribution is -2.41. The van der Waals surface area contributed by atoms with Gasteiger partial charge in [0.25, 0.3) is 10.0 Å². The van der Waals surface area contributed by atoms with E-state index in [1.807, 2.05) is 0 Å². The van der Waals surface area contributed by atoms with Gasteiger partial charge in [-0.2, -0.15) is 4.31 Å². The van der Waals surface area contributed by atoms with Crippen LogP contribution in [0.3, 0.4) is 0 Å². The van der Waals surface area contributed by atoms with Crippen LogP contribution in [0.25, 0.3) is 0 Å². The van der Waals surface area contributed by atoms with Gasteiger partial charge in [-0.05, 0) is 20.8 Å². The molecule has 0 N–H and O–H groups in total. The number of esters is 1. The van der Waals surface area contributed by atoms with Crippen molar-refractivity contribution in [2.24, 2.45) is 7.05 Å². The Morgan fingerprint density at radius 3 is 2.55 bits per heavy atom. The Kier molecular flexibility index (Phi) is 5.55. The number of carbonyl (C=O) groups is 1. The molecule has 0 bridgehead atoms. The fourth-order valence-corrected chi connectivity index (χ4v) is 3.53. The Hall–Kier alpha value is -1.12. The van der Waals surface area contributed by atoms with Gasteiger partial charge in [0, 0.05) is 13.1 Å². The van der Waals surface area contributed by atoms with Gasteiger partial charge in [-0.1, -0.05) is 11.6 Å². The van der Waals surface area contributed by atoms with Gasteiger partial charge in [-0.15, -0.1) is 0 Å². The summed E-state index contributed by atoms with van der Waals surface area (Å²) in [4.78, 5) is 15.3. The van der Waals surface area contributed by atoms with Crippen molar-refractivity contribution in [2.45, 2.75) is 31.8 Å². The number of sulfonamides is 1. The monoisotopic (exact) mass is 323 g/mol. The van der Waals surface area contributed by atoms with E-state index in [4.69, 9.17) is 16.3 Å². The van der Waals surface area contributed by atoms with E-state index in [0.29, 0.717) is 0 Å². The van der Waals surface area contributed by atoms with E-state index in [0.717, 1.165) is 4.31 Å². The highest BCUT2D eigenvalue weighted by Gasteiger charge is 2.33. The number of nitrogens with zero attached hydrogens (tertiary/aromatic N) is 3. The van der Waals surface area contributed by atoms with Gasteiger partial charge in [0.15, 0.2) is 0 Å². The van der Waals surface area contributed by atoms with Crippen LogP contribution in [0.5, 0.6) is 0 Å². The van der Waals surface area contributed by atoms with Gasteiger partial charge in [0.2, 0.25) is 5.03 Å². The van der Waals surface area contributed by atoms with Crippen molar-refractivity contribution in [3.63, 3.8) is 0 Å². The van der Waals surface area contributed by atoms with Gasteiger partial charge in [-0.25, -0.2) is 13.4 Å². The van der Waals surface area contributed by atoms with Crippen LogP contribution in [0.15, 0.2) is 11.4 Å². The van der Waals surface area contributed by atoms with E-state index in [1.54, 1.807) is 27.8 Å². The average molecular weight is 324 g/mol. The number of hydrogen-bond acceptors (Lipinski definition) is 5. The van der Waals surface area contributed by atoms with Gasteiger partial charge < -0.3 is 9.30 Å². The Labute approximate surface area is 123 Å². The summed E-state index contributed by atoms with van der Waals surface area (Å²) < 4.78 is 32.2. The summed E-state index contributed by atoms with van der Waals surface area (Å²) in [5.74, 6) is -0.614. The van der Waals surface area contributed by atoms with Crippen LogP contribution in [0.1, 0.15) is 20.8 Å². The third-order valence-electron chi connectivity index (χ3n) is 2.55. The number of imidazole rings is 1. The fraction of sp³-hybridized carbons (Fsp3) is 0.636. The number of ether oxygens (including phenoxy) is 1. The molecule has 0 aliphatic rings. The number of aromatic nitrogens is 2. The third kappa shape index (κ3) is 3.50. The quantitative estimate of drug-likeness (QED) is 0.730. The van der Waals surface area contributed by atoms with Crippen LogP contribution in [-0.2, 0) is 26.6 Å². The molecule has 0 aliphatic heterocycles. The molecule has 7 nitrogen and oxygen atoms in total. The molecule has 0 fully saturated rings. The van der Waals surface area contributed by atoms with E-state index in [-0.39, 0.29) is 23.3 Å². The minimum atomic E-state index is -3.95. The largest absolute Gasteiger partial charge is 0.465 e. The Balaban J connectivity index is 3.13. The summed E-state index contributed by atoms with van der Waals surface area (Å²) >= 11 is 5.92. The maximum absolute atomic E-state index is 12.5. The second-order valence-electron chi connectivity index (χ2n) is 4.40. The van der Waals surface area contributed by atoms with E-state index in [2.05, 4.69) is 4.98 Å². The first-order valence-electron chi connectivity index (χ1n) is 6.06. The molecular formula is C11H18ClN3O4S. The second kappa shape index (κ2) is 6.55. The molecule has 0 unspecified atom stereocenters. The summed E-state index contributed by atoms with van der Waals surface area (Å²) in [6.07, 6.45) is 1.30. The molecular weight excluding hydrogens is 306 g/mol. The fourth-order valence-electron chi connectivity index (χ4n) is 1.56. The van der Waals surface area contributed by atoms with Crippen molar-refractivity contribution < 1.29 is 17.9 Å². The maximum atomic E-state index is 12.5. The molecule has 20 heavy (non-hydrogen) atoms. The molecule has 0 atom stereocenters. The summed E-state index contributed by atoms with van der Waals surface area (Å²) in [5.41, 5.74) is 0. The summed E-state index contributed by atoms with van der Waals surface area (Å²) in [6.45, 7) is 4.79. The van der Waals surface area contributed by atoms with Crippen molar-refractivity contribution in [1.82, 2.24) is 13.9 Å². The predicted molar refractivity (Wildman–Crippen MR) is 73.9 cm³/mol. The first kappa shape index (κ1) is 16.9. The van der Waals surface area contributed by atoms with Crippen LogP contribution in [0.4, 0.5) is 0 Å². The van der Waals surface area contributed by atoms with E-state index in [1.165, 1.54) is 10.9 Å². The first-order valence-corrected chi connectivity index (χ1v) is 7.87. The molecule has 0 amide bonds. The van der Waals surface area contributed by atoms with Crippen LogP contribution in [0, 0.1) is 0 Å². The number of halogens is 1. The Morgan fingerprint density at radius 1 is 1.55 bits per heavy atom. The summed E-state index contributed by atoms with van der Waals surface area (Å²) in [7, 11) is -2.37. The number of hydrogen-bond donors (Lipinski definition) is 0. The van der Waals surface area contributed by atoms with Gasteiger partial charge in [0.05, 0.1) is 12.9 Å². The van der Waals surface area contributed by atoms with Crippen molar-refractivity contribution >= 4 is 27.6 Å². The van der Waals surface area contributed by atoms with Crippen LogP contribution >= 0.6 is 11.6 Å². The van der Waals surface area contributed by atoms with Gasteiger partial charge in [-0.3, -0.25) is 4.79 Å². The van der Waals surface area contributed by atoms with Gasteiger partial charge in [0.1, 0.15) is 11.7 Å². The number of carbonyl (C=O) groups excluding carboxylic acids is 1. The standard InChI is InChI=1S/C11H18ClN3O4S/c1-5-19-9(16)6-15(8(2)3)20(17,18)11-10(12)14(4)7-13-11/h7-8H,5-6H2,1-4H3. The van der Waals surface area contributed by atoms with Crippen LogP contribution in [0.2, 0.25) is 5.15 Å². The lowest BCUT2D eigenvalue weighted by molar-refractivity contribution is -0.143. The molecule has 1 aromatic rings. The predicted octanol–water partition coefficient (Wildman–Crippen LogP) is 1.04. The average Bonchev–Trinajstić information content (AvgIpc) is 2.67. The SMILES string of the molecule is CCOC(=O)CN(C(C)C)S(=O)(=O)c1ncn(C)c1Cl. The highest BCUT2D eigenvalue weighted by atomic mass is 35.5. The van der Waals surface area contributed by atoms with Crippen molar-refractivity contribution in [1.29, 1.82) is 0 Å². The third-order valence-corrected chi connectivity index (χ3v) is 5.07. The van der Waals surface area contributed by atoms with Crippen molar-refractivity contribution in [3.05, 3.63) is 11.5 Å². The first-order chi connectivity index (χ1) is 9.21. The molecule has 114 valence electrons. The molecule has 0 radical (unpaired) electrons. The van der Waals surface area contributed by atoms with Crippen molar-refractivity contribution in [2.75, 3.05) is 13.2 Å². The van der Waals surface area contributed by atoms with Crippen molar-refractivity contribution in [3.8, 4) is 0 Å². The normalized spacial score (nSPS) is 12.2. The zero-order valence-corrected chi connectivity index (χ0v) is 13.4. The van der Waals surface area contributed by atoms with E-state index >= 15 is 0 Å². The topological polar surface area (TPSA) is 81.5 Å². The molecule has 0 saturated heterocycles. The second-order valence-corrected chi connectivity index (χ2v) is 6.56. The lowest BCUT2D eigenvalue weighted by atomic mass is 10.4. The maximum Gasteiger partial charge on any atom is 0.321 e. The van der Waals surface area contributed by atoms with E-state index < -0.39 is 22.0 Å². The zero-order valence-electron chi connectivity index (χ0n) is 11.8. The molecule has 0 saturated carbocycles. The number of rotatable bonds is 6. The zero-order chi connectivity index (χ0) is 15.5. The molecule has 0 spiro atoms. The van der Waals surface area contributed by atoms with Crippen LogP contribution < -0.4 is 0 Å². The molecule has 0 aromatic carbocycles. The Morgan fingerprint density at radius 2 is 2.15 bits per heavy atom. The van der Waals surface area contributed by atoms with Gasteiger partial charge >= 0.3 is 5.97 Å². The number of aryl methyl sites for hydroxylation is 1. The lowest BCUT2D eigenvalue weighted by Gasteiger charge is -2.23. The highest BCUT2D eigenvalue weighted by Crippen LogP contribution is 2.23. The minimum Gasteiger partial charge on any atom is -0.465 e. The smallest absolute Gasteiger partial charge is 0.321 e. The summed E-state index contributed by atoms with van der Waals surface area (Å²) in [5, 5.41) is -0.265. The molecule has 1 rings (SSSR count). The highest BCUT2D eigenvalue weighted by molar-refractivity contribution is 7.89.